The van der Waals surface area contributed by atoms with Gasteiger partial charge in [0.1, 0.15) is 0 Å². The van der Waals surface area contributed by atoms with Crippen molar-refractivity contribution in [1.82, 2.24) is 25.1 Å². The largest absolute Gasteiger partial charge is 0.355 e. The number of hydrogen-bond acceptors (Lipinski definition) is 3. The fraction of sp³-hybridized carbons (Fsp3) is 0.450. The number of guanidine groups is 1. The van der Waals surface area contributed by atoms with Gasteiger partial charge in [-0.3, -0.25) is 9.79 Å². The van der Waals surface area contributed by atoms with Crippen LogP contribution in [0.4, 0.5) is 0 Å². The Morgan fingerprint density at radius 2 is 2.26 bits per heavy atom. The fourth-order valence-electron chi connectivity index (χ4n) is 3.58. The number of nitrogens with zero attached hydrogens (tertiary/aromatic N) is 4. The van der Waals surface area contributed by atoms with Gasteiger partial charge in [-0.25, -0.2) is 4.98 Å². The number of nitrogens with one attached hydrogen (secondary N) is 2. The van der Waals surface area contributed by atoms with Gasteiger partial charge in [0.2, 0.25) is 0 Å². The maximum absolute atomic E-state index is 11.8. The minimum atomic E-state index is -0.0746. The molecular weight excluding hydrogens is 340 g/mol. The Hall–Kier alpha value is -2.83. The molecule has 0 radical (unpaired) electrons. The number of benzene rings is 1. The zero-order chi connectivity index (χ0) is 19.2. The zero-order valence-electron chi connectivity index (χ0n) is 16.2. The van der Waals surface area contributed by atoms with Crippen LogP contribution in [0.1, 0.15) is 35.3 Å². The van der Waals surface area contributed by atoms with E-state index < -0.39 is 0 Å². The lowest BCUT2D eigenvalue weighted by Gasteiger charge is -2.39. The standard InChI is InChI=1S/C20H28N6O/c1-15-7-9-25(13-18(15)26-10-8-23-14-26)20(22-3)24-12-16-5-4-6-17(11-16)19(27)21-2/h4-6,8,10-11,14-15,18H,7,9,12-13H2,1-3H3,(H,21,27)(H,22,24). The Kier molecular flexibility index (Phi) is 6.11. The quantitative estimate of drug-likeness (QED) is 0.639. The SMILES string of the molecule is CN=C(NCc1cccc(C(=O)NC)c1)N1CCC(C)C(n2ccnc2)C1. The van der Waals surface area contributed by atoms with Gasteiger partial charge in [-0.2, -0.15) is 0 Å². The maximum atomic E-state index is 11.8. The molecule has 2 N–H and O–H groups in total. The van der Waals surface area contributed by atoms with Crippen LogP contribution in [0.25, 0.3) is 0 Å². The first-order valence-electron chi connectivity index (χ1n) is 9.36. The lowest BCUT2D eigenvalue weighted by atomic mass is 9.93. The van der Waals surface area contributed by atoms with Gasteiger partial charge in [0.25, 0.3) is 5.91 Å². The second kappa shape index (κ2) is 8.70. The summed E-state index contributed by atoms with van der Waals surface area (Å²) in [6.07, 6.45) is 6.87. The summed E-state index contributed by atoms with van der Waals surface area (Å²) in [7, 11) is 3.46. The van der Waals surface area contributed by atoms with Gasteiger partial charge in [0.05, 0.1) is 12.4 Å². The van der Waals surface area contributed by atoms with Crippen molar-refractivity contribution in [2.45, 2.75) is 25.9 Å². The van der Waals surface area contributed by atoms with E-state index in [1.54, 1.807) is 7.05 Å². The number of aromatic nitrogens is 2. The molecule has 7 nitrogen and oxygen atoms in total. The van der Waals surface area contributed by atoms with Gasteiger partial charge in [0, 0.05) is 51.7 Å². The van der Waals surface area contributed by atoms with E-state index in [2.05, 4.69) is 37.0 Å². The predicted octanol–water partition coefficient (Wildman–Crippen LogP) is 1.90. The third-order valence-electron chi connectivity index (χ3n) is 5.20. The highest BCUT2D eigenvalue weighted by molar-refractivity contribution is 5.94. The summed E-state index contributed by atoms with van der Waals surface area (Å²) in [6, 6.07) is 8.03. The third-order valence-corrected chi connectivity index (χ3v) is 5.20. The summed E-state index contributed by atoms with van der Waals surface area (Å²) in [5.41, 5.74) is 1.72. The molecule has 2 atom stereocenters. The number of carbonyl (C=O) groups excluding carboxylic acids is 1. The van der Waals surface area contributed by atoms with Crippen LogP contribution >= 0.6 is 0 Å². The first kappa shape index (κ1) is 18.9. The van der Waals surface area contributed by atoms with Gasteiger partial charge < -0.3 is 20.1 Å². The predicted molar refractivity (Wildman–Crippen MR) is 107 cm³/mol. The molecular formula is C20H28N6O. The minimum absolute atomic E-state index is 0.0746. The molecule has 2 aromatic rings. The fourth-order valence-corrected chi connectivity index (χ4v) is 3.58. The average molecular weight is 368 g/mol. The molecule has 1 aliphatic heterocycles. The molecule has 144 valence electrons. The van der Waals surface area contributed by atoms with Crippen molar-refractivity contribution >= 4 is 11.9 Å². The highest BCUT2D eigenvalue weighted by atomic mass is 16.1. The second-order valence-electron chi connectivity index (χ2n) is 6.97. The summed E-state index contributed by atoms with van der Waals surface area (Å²) in [5.74, 6) is 1.41. The number of aliphatic imine (C=N–C) groups is 1. The third kappa shape index (κ3) is 4.48. The zero-order valence-corrected chi connectivity index (χ0v) is 16.2. The van der Waals surface area contributed by atoms with E-state index in [0.29, 0.717) is 24.1 Å². The van der Waals surface area contributed by atoms with E-state index >= 15 is 0 Å². The van der Waals surface area contributed by atoms with Crippen molar-refractivity contribution in [3.63, 3.8) is 0 Å². The van der Waals surface area contributed by atoms with E-state index in [-0.39, 0.29) is 5.91 Å². The monoisotopic (exact) mass is 368 g/mol. The summed E-state index contributed by atoms with van der Waals surface area (Å²) in [6.45, 7) is 4.79. The number of hydrogen-bond donors (Lipinski definition) is 2. The van der Waals surface area contributed by atoms with E-state index in [9.17, 15) is 4.79 Å². The molecule has 7 heteroatoms. The molecule has 1 saturated heterocycles. The number of carbonyl (C=O) groups is 1. The molecule has 1 aromatic heterocycles. The van der Waals surface area contributed by atoms with Crippen molar-refractivity contribution in [1.29, 1.82) is 0 Å². The summed E-state index contributed by atoms with van der Waals surface area (Å²) in [4.78, 5) is 22.8. The Balaban J connectivity index is 1.65. The van der Waals surface area contributed by atoms with Crippen LogP contribution in [0.5, 0.6) is 0 Å². The Bertz CT molecular complexity index is 786. The highest BCUT2D eigenvalue weighted by Gasteiger charge is 2.28. The van der Waals surface area contributed by atoms with Gasteiger partial charge in [0.15, 0.2) is 5.96 Å². The van der Waals surface area contributed by atoms with Gasteiger partial charge >= 0.3 is 0 Å². The Morgan fingerprint density at radius 3 is 2.96 bits per heavy atom. The van der Waals surface area contributed by atoms with E-state index in [1.165, 1.54) is 0 Å². The van der Waals surface area contributed by atoms with Crippen LogP contribution in [-0.2, 0) is 6.54 Å². The van der Waals surface area contributed by atoms with Crippen LogP contribution in [-0.4, -0.2) is 53.5 Å². The van der Waals surface area contributed by atoms with Crippen LogP contribution < -0.4 is 10.6 Å². The van der Waals surface area contributed by atoms with Crippen molar-refractivity contribution in [2.75, 3.05) is 27.2 Å². The normalized spacial score (nSPS) is 20.4. The first-order valence-corrected chi connectivity index (χ1v) is 9.36. The lowest BCUT2D eigenvalue weighted by molar-refractivity contribution is 0.0963. The smallest absolute Gasteiger partial charge is 0.251 e. The summed E-state index contributed by atoms with van der Waals surface area (Å²) < 4.78 is 2.19. The molecule has 0 aliphatic carbocycles. The van der Waals surface area contributed by atoms with E-state index in [0.717, 1.165) is 31.0 Å². The number of rotatable bonds is 4. The molecule has 1 aliphatic rings. The number of likely N-dealkylation sites (tertiary alicyclic amines) is 1. The topological polar surface area (TPSA) is 74.6 Å². The van der Waals surface area contributed by atoms with E-state index in [1.807, 2.05) is 50.0 Å². The number of piperidine rings is 1. The van der Waals surface area contributed by atoms with Gasteiger partial charge in [-0.15, -0.1) is 0 Å². The second-order valence-corrected chi connectivity index (χ2v) is 6.97. The molecule has 1 amide bonds. The van der Waals surface area contributed by atoms with Crippen LogP contribution in [0, 0.1) is 5.92 Å². The molecule has 0 saturated carbocycles. The molecule has 0 bridgehead atoms. The summed E-state index contributed by atoms with van der Waals surface area (Å²) >= 11 is 0. The van der Waals surface area contributed by atoms with Crippen LogP contribution in [0.3, 0.4) is 0 Å². The van der Waals surface area contributed by atoms with Crippen LogP contribution in [0.2, 0.25) is 0 Å². The van der Waals surface area contributed by atoms with Crippen LogP contribution in [0.15, 0.2) is 48.0 Å². The molecule has 27 heavy (non-hydrogen) atoms. The lowest BCUT2D eigenvalue weighted by Crippen LogP contribution is -2.48. The molecule has 2 unspecified atom stereocenters. The molecule has 1 fully saturated rings. The van der Waals surface area contributed by atoms with Crippen molar-refractivity contribution in [2.24, 2.45) is 10.9 Å². The van der Waals surface area contributed by atoms with Crippen molar-refractivity contribution in [3.05, 3.63) is 54.1 Å². The van der Waals surface area contributed by atoms with Crippen molar-refractivity contribution < 1.29 is 4.79 Å². The molecule has 0 spiro atoms. The molecule has 3 rings (SSSR count). The first-order chi connectivity index (χ1) is 13.1. The van der Waals surface area contributed by atoms with Gasteiger partial charge in [-0.05, 0) is 30.0 Å². The van der Waals surface area contributed by atoms with Crippen molar-refractivity contribution in [3.8, 4) is 0 Å². The maximum Gasteiger partial charge on any atom is 0.251 e. The molecule has 2 heterocycles. The Morgan fingerprint density at radius 1 is 1.41 bits per heavy atom. The van der Waals surface area contributed by atoms with Gasteiger partial charge in [-0.1, -0.05) is 19.1 Å². The average Bonchev–Trinajstić information content (AvgIpc) is 3.23. The minimum Gasteiger partial charge on any atom is -0.355 e. The summed E-state index contributed by atoms with van der Waals surface area (Å²) in [5, 5.41) is 6.10. The Labute approximate surface area is 160 Å². The highest BCUT2D eigenvalue weighted by Crippen LogP contribution is 2.27. The molecule has 1 aromatic carbocycles. The number of imidazole rings is 1. The van der Waals surface area contributed by atoms with E-state index in [4.69, 9.17) is 0 Å². The number of amides is 1.